The van der Waals surface area contributed by atoms with Crippen LogP contribution in [-0.4, -0.2) is 17.7 Å². The molecular formula is C24H16Cl3N3O3. The lowest BCUT2D eigenvalue weighted by Gasteiger charge is -2.18. The molecule has 2 N–H and O–H groups in total. The second-order valence-electron chi connectivity index (χ2n) is 7.19. The second kappa shape index (κ2) is 9.27. The molecule has 0 atom stereocenters. The molecule has 0 aromatic heterocycles. The van der Waals surface area contributed by atoms with Crippen molar-refractivity contribution in [3.63, 3.8) is 0 Å². The minimum absolute atomic E-state index is 0.0868. The van der Waals surface area contributed by atoms with Gasteiger partial charge >= 0.3 is 0 Å². The van der Waals surface area contributed by atoms with E-state index >= 15 is 0 Å². The highest BCUT2D eigenvalue weighted by Gasteiger charge is 2.39. The van der Waals surface area contributed by atoms with Gasteiger partial charge in [0.2, 0.25) is 0 Å². The van der Waals surface area contributed by atoms with Crippen LogP contribution >= 0.6 is 34.8 Å². The number of nitrogens with one attached hydrogen (secondary N) is 2. The molecule has 33 heavy (non-hydrogen) atoms. The molecular weight excluding hydrogens is 485 g/mol. The number of carbonyl (C=O) groups excluding carboxylic acids is 3. The third-order valence-corrected chi connectivity index (χ3v) is 6.02. The van der Waals surface area contributed by atoms with Gasteiger partial charge in [0.15, 0.2) is 0 Å². The molecule has 0 aliphatic carbocycles. The van der Waals surface area contributed by atoms with Crippen molar-refractivity contribution in [1.82, 2.24) is 0 Å². The fourth-order valence-electron chi connectivity index (χ4n) is 3.29. The van der Waals surface area contributed by atoms with Crippen LogP contribution in [0.5, 0.6) is 0 Å². The van der Waals surface area contributed by atoms with Crippen LogP contribution in [0.2, 0.25) is 10.0 Å². The standard InChI is InChI=1S/C24H16Cl3N3O3/c1-13-18(26)6-3-7-19(13)30-23(32)20(27)21(24(30)33)28-17-5-2-4-14(12-17)22(31)29-16-10-8-15(25)9-11-16/h2-12,28H,1H3,(H,29,31). The summed E-state index contributed by atoms with van der Waals surface area (Å²) in [6.07, 6.45) is 0. The van der Waals surface area contributed by atoms with E-state index in [2.05, 4.69) is 10.6 Å². The molecule has 0 saturated carbocycles. The average Bonchev–Trinajstić information content (AvgIpc) is 3.00. The smallest absolute Gasteiger partial charge is 0.283 e. The van der Waals surface area contributed by atoms with Crippen LogP contribution in [-0.2, 0) is 9.59 Å². The number of halogens is 3. The van der Waals surface area contributed by atoms with Crippen molar-refractivity contribution in [2.24, 2.45) is 0 Å². The third kappa shape index (κ3) is 4.59. The summed E-state index contributed by atoms with van der Waals surface area (Å²) in [5, 5.41) is 6.37. The normalized spacial score (nSPS) is 13.5. The van der Waals surface area contributed by atoms with Crippen LogP contribution < -0.4 is 15.5 Å². The Labute approximate surface area is 204 Å². The molecule has 0 unspecified atom stereocenters. The predicted octanol–water partition coefficient (Wildman–Crippen LogP) is 5.99. The number of imide groups is 1. The van der Waals surface area contributed by atoms with Crippen molar-refractivity contribution in [3.8, 4) is 0 Å². The average molecular weight is 501 g/mol. The van der Waals surface area contributed by atoms with E-state index in [9.17, 15) is 14.4 Å². The molecule has 3 aromatic carbocycles. The fourth-order valence-corrected chi connectivity index (χ4v) is 3.80. The van der Waals surface area contributed by atoms with Gasteiger partial charge < -0.3 is 10.6 Å². The maximum Gasteiger partial charge on any atom is 0.283 e. The quantitative estimate of drug-likeness (QED) is 0.422. The predicted molar refractivity (Wildman–Crippen MR) is 131 cm³/mol. The highest BCUT2D eigenvalue weighted by atomic mass is 35.5. The molecule has 1 aliphatic heterocycles. The Hall–Kier alpha value is -3.32. The Morgan fingerprint density at radius 1 is 0.848 bits per heavy atom. The summed E-state index contributed by atoms with van der Waals surface area (Å²) in [6.45, 7) is 1.71. The molecule has 0 saturated heterocycles. The highest BCUT2D eigenvalue weighted by molar-refractivity contribution is 6.53. The van der Waals surface area contributed by atoms with E-state index in [-0.39, 0.29) is 16.6 Å². The number of amides is 3. The van der Waals surface area contributed by atoms with Gasteiger partial charge in [0, 0.05) is 27.0 Å². The van der Waals surface area contributed by atoms with Crippen LogP contribution in [0.25, 0.3) is 0 Å². The van der Waals surface area contributed by atoms with E-state index in [1.54, 1.807) is 73.7 Å². The van der Waals surface area contributed by atoms with Gasteiger partial charge in [-0.25, -0.2) is 4.90 Å². The zero-order valence-corrected chi connectivity index (χ0v) is 19.4. The number of anilines is 3. The minimum Gasteiger partial charge on any atom is -0.350 e. The van der Waals surface area contributed by atoms with E-state index in [1.807, 2.05) is 0 Å². The summed E-state index contributed by atoms with van der Waals surface area (Å²) in [7, 11) is 0. The van der Waals surface area contributed by atoms with E-state index in [0.717, 1.165) is 4.90 Å². The zero-order chi connectivity index (χ0) is 23.7. The lowest BCUT2D eigenvalue weighted by Crippen LogP contribution is -2.32. The van der Waals surface area contributed by atoms with Gasteiger partial charge in [-0.2, -0.15) is 0 Å². The fraction of sp³-hybridized carbons (Fsp3) is 0.0417. The lowest BCUT2D eigenvalue weighted by molar-refractivity contribution is -0.120. The monoisotopic (exact) mass is 499 g/mol. The van der Waals surface area contributed by atoms with E-state index < -0.39 is 11.8 Å². The highest BCUT2D eigenvalue weighted by Crippen LogP contribution is 2.34. The number of hydrogen-bond donors (Lipinski definition) is 2. The van der Waals surface area contributed by atoms with E-state index in [4.69, 9.17) is 34.8 Å². The Morgan fingerprint density at radius 2 is 1.55 bits per heavy atom. The van der Waals surface area contributed by atoms with E-state index in [0.29, 0.717) is 38.2 Å². The lowest BCUT2D eigenvalue weighted by atomic mass is 10.1. The van der Waals surface area contributed by atoms with Crippen molar-refractivity contribution in [2.75, 3.05) is 15.5 Å². The molecule has 6 nitrogen and oxygen atoms in total. The number of benzene rings is 3. The van der Waals surface area contributed by atoms with Gasteiger partial charge in [0.25, 0.3) is 17.7 Å². The largest absolute Gasteiger partial charge is 0.350 e. The first-order valence-corrected chi connectivity index (χ1v) is 10.9. The summed E-state index contributed by atoms with van der Waals surface area (Å²) >= 11 is 18.2. The SMILES string of the molecule is Cc1c(Cl)cccc1N1C(=O)C(Cl)=C(Nc2cccc(C(=O)Nc3ccc(Cl)cc3)c2)C1=O. The number of hydrogen-bond acceptors (Lipinski definition) is 4. The minimum atomic E-state index is -0.661. The molecule has 9 heteroatoms. The number of nitrogens with zero attached hydrogens (tertiary/aromatic N) is 1. The summed E-state index contributed by atoms with van der Waals surface area (Å²) in [6, 6.07) is 18.1. The summed E-state index contributed by atoms with van der Waals surface area (Å²) in [5.41, 5.74) is 2.17. The molecule has 4 rings (SSSR count). The van der Waals surface area contributed by atoms with Crippen LogP contribution in [0.3, 0.4) is 0 Å². The van der Waals surface area contributed by atoms with Gasteiger partial charge in [-0.1, -0.05) is 46.9 Å². The first-order valence-electron chi connectivity index (χ1n) is 9.74. The Balaban J connectivity index is 1.56. The van der Waals surface area contributed by atoms with Gasteiger partial charge in [0.05, 0.1) is 5.69 Å². The van der Waals surface area contributed by atoms with E-state index in [1.165, 1.54) is 0 Å². The van der Waals surface area contributed by atoms with Crippen molar-refractivity contribution in [3.05, 3.63) is 98.6 Å². The van der Waals surface area contributed by atoms with Crippen molar-refractivity contribution >= 4 is 69.6 Å². The maximum absolute atomic E-state index is 13.0. The summed E-state index contributed by atoms with van der Waals surface area (Å²) in [4.78, 5) is 39.4. The van der Waals surface area contributed by atoms with Crippen LogP contribution in [0.15, 0.2) is 77.5 Å². The maximum atomic E-state index is 13.0. The molecule has 0 fully saturated rings. The van der Waals surface area contributed by atoms with Gasteiger partial charge in [-0.15, -0.1) is 0 Å². The van der Waals surface area contributed by atoms with Crippen molar-refractivity contribution in [2.45, 2.75) is 6.92 Å². The second-order valence-corrected chi connectivity index (χ2v) is 8.41. The Kier molecular flexibility index (Phi) is 6.42. The Bertz CT molecular complexity index is 1320. The van der Waals surface area contributed by atoms with Crippen molar-refractivity contribution in [1.29, 1.82) is 0 Å². The van der Waals surface area contributed by atoms with Crippen molar-refractivity contribution < 1.29 is 14.4 Å². The van der Waals surface area contributed by atoms with Crippen LogP contribution in [0, 0.1) is 6.92 Å². The molecule has 0 radical (unpaired) electrons. The first-order chi connectivity index (χ1) is 15.8. The van der Waals surface area contributed by atoms with Crippen LogP contribution in [0.1, 0.15) is 15.9 Å². The first kappa shape index (κ1) is 22.9. The van der Waals surface area contributed by atoms with Gasteiger partial charge in [-0.3, -0.25) is 14.4 Å². The number of carbonyl (C=O) groups is 3. The summed E-state index contributed by atoms with van der Waals surface area (Å²) < 4.78 is 0. The molecule has 3 amide bonds. The topological polar surface area (TPSA) is 78.5 Å². The molecule has 1 aliphatic rings. The van der Waals surface area contributed by atoms with Gasteiger partial charge in [0.1, 0.15) is 10.7 Å². The summed E-state index contributed by atoms with van der Waals surface area (Å²) in [5.74, 6) is -1.64. The Morgan fingerprint density at radius 3 is 2.27 bits per heavy atom. The molecule has 0 spiro atoms. The molecule has 1 heterocycles. The zero-order valence-electron chi connectivity index (χ0n) is 17.2. The molecule has 166 valence electrons. The van der Waals surface area contributed by atoms with Crippen LogP contribution in [0.4, 0.5) is 17.1 Å². The third-order valence-electron chi connectivity index (χ3n) is 5.00. The number of rotatable bonds is 5. The molecule has 3 aromatic rings. The van der Waals surface area contributed by atoms with Gasteiger partial charge in [-0.05, 0) is 67.1 Å². The molecule has 0 bridgehead atoms.